The van der Waals surface area contributed by atoms with E-state index < -0.39 is 21.9 Å². The Kier molecular flexibility index (Phi) is 4.32. The van der Waals surface area contributed by atoms with Crippen molar-refractivity contribution in [3.63, 3.8) is 0 Å². The van der Waals surface area contributed by atoms with Gasteiger partial charge in [-0.2, -0.15) is 0 Å². The molecule has 0 aromatic heterocycles. The van der Waals surface area contributed by atoms with Gasteiger partial charge in [0.05, 0.1) is 4.90 Å². The average molecular weight is 323 g/mol. The highest BCUT2D eigenvalue weighted by atomic mass is 32.2. The fourth-order valence-corrected chi connectivity index (χ4v) is 3.15. The van der Waals surface area contributed by atoms with Gasteiger partial charge in [-0.3, -0.25) is 4.72 Å². The summed E-state index contributed by atoms with van der Waals surface area (Å²) in [7, 11) is -3.90. The third-order valence-electron chi connectivity index (χ3n) is 2.84. The van der Waals surface area contributed by atoms with Crippen molar-refractivity contribution < 1.29 is 17.6 Å². The fraction of sp³-hybridized carbons (Fsp3) is 0.0714. The molecule has 0 spiro atoms. The van der Waals surface area contributed by atoms with Crippen LogP contribution in [-0.2, 0) is 10.0 Å². The largest absolute Gasteiger partial charge is 0.351 e. The number of halogens is 1. The lowest BCUT2D eigenvalue weighted by atomic mass is 10.2. The Balaban J connectivity index is 2.25. The van der Waals surface area contributed by atoms with Crippen molar-refractivity contribution in [2.75, 3.05) is 10.0 Å². The van der Waals surface area contributed by atoms with Gasteiger partial charge in [0.1, 0.15) is 5.82 Å². The molecule has 0 saturated heterocycles. The molecule has 116 valence electrons. The molecule has 0 aliphatic carbocycles. The molecule has 2 rings (SSSR count). The number of hydrogen-bond acceptors (Lipinski definition) is 3. The van der Waals surface area contributed by atoms with Crippen LogP contribution < -0.4 is 15.8 Å². The van der Waals surface area contributed by atoms with E-state index in [9.17, 15) is 17.6 Å². The van der Waals surface area contributed by atoms with Gasteiger partial charge in [-0.25, -0.2) is 17.6 Å². The van der Waals surface area contributed by atoms with Crippen molar-refractivity contribution in [1.82, 2.24) is 0 Å². The molecule has 0 atom stereocenters. The van der Waals surface area contributed by atoms with E-state index in [0.29, 0.717) is 11.3 Å². The van der Waals surface area contributed by atoms with Crippen molar-refractivity contribution in [1.29, 1.82) is 0 Å². The monoisotopic (exact) mass is 323 g/mol. The molecule has 0 aliphatic rings. The summed E-state index contributed by atoms with van der Waals surface area (Å²) in [5.74, 6) is -0.632. The van der Waals surface area contributed by atoms with E-state index in [0.717, 1.165) is 6.07 Å². The van der Waals surface area contributed by atoms with Gasteiger partial charge in [-0.05, 0) is 48.9 Å². The third-order valence-corrected chi connectivity index (χ3v) is 4.37. The first-order valence-corrected chi connectivity index (χ1v) is 7.72. The quantitative estimate of drug-likeness (QED) is 0.805. The third kappa shape index (κ3) is 3.73. The molecular weight excluding hydrogens is 309 g/mol. The first kappa shape index (κ1) is 15.8. The van der Waals surface area contributed by atoms with Crippen LogP contribution in [0.3, 0.4) is 0 Å². The average Bonchev–Trinajstić information content (AvgIpc) is 2.43. The molecular formula is C14H14FN3O3S. The SMILES string of the molecule is Cc1ccc(F)cc1S(=O)(=O)Nc1ccc(NC(N)=O)cc1. The van der Waals surface area contributed by atoms with Crippen molar-refractivity contribution in [2.24, 2.45) is 5.73 Å². The highest BCUT2D eigenvalue weighted by Gasteiger charge is 2.17. The van der Waals surface area contributed by atoms with Crippen molar-refractivity contribution in [3.8, 4) is 0 Å². The zero-order chi connectivity index (χ0) is 16.3. The summed E-state index contributed by atoms with van der Waals surface area (Å²) in [6.45, 7) is 1.58. The number of anilines is 2. The number of nitrogens with one attached hydrogen (secondary N) is 2. The van der Waals surface area contributed by atoms with Crippen molar-refractivity contribution >= 4 is 27.4 Å². The second-order valence-electron chi connectivity index (χ2n) is 4.58. The van der Waals surface area contributed by atoms with E-state index in [4.69, 9.17) is 5.73 Å². The van der Waals surface area contributed by atoms with Crippen molar-refractivity contribution in [2.45, 2.75) is 11.8 Å². The number of urea groups is 1. The van der Waals surface area contributed by atoms with Crippen LogP contribution in [0, 0.1) is 12.7 Å². The minimum atomic E-state index is -3.90. The molecule has 22 heavy (non-hydrogen) atoms. The Morgan fingerprint density at radius 3 is 2.27 bits per heavy atom. The molecule has 0 fully saturated rings. The number of nitrogens with two attached hydrogens (primary N) is 1. The lowest BCUT2D eigenvalue weighted by Gasteiger charge is -2.11. The highest BCUT2D eigenvalue weighted by Crippen LogP contribution is 2.21. The molecule has 6 nitrogen and oxygen atoms in total. The summed E-state index contributed by atoms with van der Waals surface area (Å²) in [5.41, 5.74) is 6.11. The van der Waals surface area contributed by atoms with Crippen LogP contribution in [0.5, 0.6) is 0 Å². The van der Waals surface area contributed by atoms with Gasteiger partial charge in [0, 0.05) is 11.4 Å². The van der Waals surface area contributed by atoms with E-state index in [-0.39, 0.29) is 10.6 Å². The summed E-state index contributed by atoms with van der Waals surface area (Å²) in [5, 5.41) is 2.36. The summed E-state index contributed by atoms with van der Waals surface area (Å²) >= 11 is 0. The number of benzene rings is 2. The first-order chi connectivity index (χ1) is 10.3. The summed E-state index contributed by atoms with van der Waals surface area (Å²) in [4.78, 5) is 10.6. The molecule has 2 amide bonds. The van der Waals surface area contributed by atoms with Gasteiger partial charge in [0.25, 0.3) is 10.0 Å². The molecule has 0 unspecified atom stereocenters. The number of sulfonamides is 1. The maximum absolute atomic E-state index is 13.2. The van der Waals surface area contributed by atoms with Gasteiger partial charge >= 0.3 is 6.03 Å². The Morgan fingerprint density at radius 2 is 1.68 bits per heavy atom. The van der Waals surface area contributed by atoms with E-state index in [2.05, 4.69) is 10.0 Å². The lowest BCUT2D eigenvalue weighted by Crippen LogP contribution is -2.19. The number of aryl methyl sites for hydroxylation is 1. The standard InChI is InChI=1S/C14H14FN3O3S/c1-9-2-3-10(15)8-13(9)22(20,21)18-12-6-4-11(5-7-12)17-14(16)19/h2-8,18H,1H3,(H3,16,17,19). The minimum Gasteiger partial charge on any atom is -0.351 e. The van der Waals surface area contributed by atoms with Crippen LogP contribution in [-0.4, -0.2) is 14.4 Å². The first-order valence-electron chi connectivity index (χ1n) is 6.23. The molecule has 0 bridgehead atoms. The zero-order valence-electron chi connectivity index (χ0n) is 11.6. The number of primary amides is 1. The number of hydrogen-bond donors (Lipinski definition) is 3. The summed E-state index contributed by atoms with van der Waals surface area (Å²) in [6.07, 6.45) is 0. The maximum Gasteiger partial charge on any atom is 0.316 e. The second kappa shape index (κ2) is 6.02. The van der Waals surface area contributed by atoms with Crippen LogP contribution in [0.1, 0.15) is 5.56 Å². The topological polar surface area (TPSA) is 101 Å². The van der Waals surface area contributed by atoms with Crippen molar-refractivity contribution in [3.05, 3.63) is 53.8 Å². The Hall–Kier alpha value is -2.61. The van der Waals surface area contributed by atoms with Gasteiger partial charge < -0.3 is 11.1 Å². The molecule has 0 saturated carbocycles. The molecule has 0 heterocycles. The van der Waals surface area contributed by atoms with E-state index in [1.807, 2.05) is 0 Å². The second-order valence-corrected chi connectivity index (χ2v) is 6.23. The molecule has 2 aromatic rings. The number of rotatable bonds is 4. The van der Waals surface area contributed by atoms with Gasteiger partial charge in [-0.1, -0.05) is 6.07 Å². The van der Waals surface area contributed by atoms with Crippen LogP contribution in [0.2, 0.25) is 0 Å². The molecule has 0 aliphatic heterocycles. The summed E-state index contributed by atoms with van der Waals surface area (Å²) < 4.78 is 40.1. The van der Waals surface area contributed by atoms with Gasteiger partial charge in [0.2, 0.25) is 0 Å². The molecule has 8 heteroatoms. The maximum atomic E-state index is 13.2. The smallest absolute Gasteiger partial charge is 0.316 e. The van der Waals surface area contributed by atoms with Crippen LogP contribution in [0.25, 0.3) is 0 Å². The van der Waals surface area contributed by atoms with Crippen LogP contribution in [0.4, 0.5) is 20.6 Å². The van der Waals surface area contributed by atoms with E-state index >= 15 is 0 Å². The molecule has 2 aromatic carbocycles. The summed E-state index contributed by atoms with van der Waals surface area (Å²) in [6, 6.07) is 8.71. The number of carbonyl (C=O) groups excluding carboxylic acids is 1. The minimum absolute atomic E-state index is 0.133. The Labute approximate surface area is 127 Å². The fourth-order valence-electron chi connectivity index (χ4n) is 1.84. The normalized spacial score (nSPS) is 11.0. The lowest BCUT2D eigenvalue weighted by molar-refractivity contribution is 0.259. The Bertz CT molecular complexity index is 805. The number of carbonyl (C=O) groups is 1. The van der Waals surface area contributed by atoms with Gasteiger partial charge in [-0.15, -0.1) is 0 Å². The van der Waals surface area contributed by atoms with Gasteiger partial charge in [0.15, 0.2) is 0 Å². The predicted molar refractivity (Wildman–Crippen MR) is 81.6 cm³/mol. The highest BCUT2D eigenvalue weighted by molar-refractivity contribution is 7.92. The van der Waals surface area contributed by atoms with E-state index in [1.165, 1.54) is 36.4 Å². The van der Waals surface area contributed by atoms with E-state index in [1.54, 1.807) is 6.92 Å². The molecule has 4 N–H and O–H groups in total. The predicted octanol–water partition coefficient (Wildman–Crippen LogP) is 2.43. The van der Waals surface area contributed by atoms with Crippen LogP contribution >= 0.6 is 0 Å². The molecule has 0 radical (unpaired) electrons. The number of amides is 2. The van der Waals surface area contributed by atoms with Crippen LogP contribution in [0.15, 0.2) is 47.4 Å². The zero-order valence-corrected chi connectivity index (χ0v) is 12.4. The Morgan fingerprint density at radius 1 is 1.09 bits per heavy atom.